The second-order valence-corrected chi connectivity index (χ2v) is 10.3. The van der Waals surface area contributed by atoms with Gasteiger partial charge in [-0.15, -0.1) is 0 Å². The Hall–Kier alpha value is -0.760. The molecule has 1 aliphatic rings. The maximum absolute atomic E-state index is 13.6. The third-order valence-electron chi connectivity index (χ3n) is 3.68. The molecule has 0 spiro atoms. The highest BCUT2D eigenvalue weighted by Crippen LogP contribution is 2.66. The van der Waals surface area contributed by atoms with E-state index in [1.165, 1.54) is 13.2 Å². The standard InChI is InChI=1S/C12H18FO14P3/c1-23-8-3-2-6(13)4-7(8)12-11(15)10(14)9(25-12)5-24-29(19,20)27-30(21,22)26-28(16,17)18/h2-4,9-12,14-15H,5H2,1H3,(H,19,20)(H,21,22)(H2,16,17,18)/t9-,10+,11+,12+/m1/s1. The van der Waals surface area contributed by atoms with Gasteiger partial charge in [0, 0.05) is 5.56 Å². The SMILES string of the molecule is COc1ccc(F)cc1[C@@H]1O[C@H](COP(=O)(O)OP(=O)(O)OP(=O)(O)O)[C@H](O)[C@@H]1O. The fourth-order valence-corrected chi connectivity index (χ4v) is 5.57. The second kappa shape index (κ2) is 9.39. The molecule has 0 saturated carbocycles. The highest BCUT2D eigenvalue weighted by Gasteiger charge is 2.47. The monoisotopic (exact) mass is 498 g/mol. The lowest BCUT2D eigenvalue weighted by molar-refractivity contribution is -0.0228. The van der Waals surface area contributed by atoms with Crippen molar-refractivity contribution < 1.29 is 70.5 Å². The molecule has 0 aromatic heterocycles. The molecule has 0 aliphatic carbocycles. The topological polar surface area (TPSA) is 219 Å². The van der Waals surface area contributed by atoms with E-state index in [0.717, 1.165) is 12.1 Å². The number of halogens is 1. The highest BCUT2D eigenvalue weighted by atomic mass is 31.3. The van der Waals surface area contributed by atoms with Crippen molar-refractivity contribution in [1.82, 2.24) is 0 Å². The van der Waals surface area contributed by atoms with Crippen LogP contribution in [0, 0.1) is 5.82 Å². The zero-order valence-corrected chi connectivity index (χ0v) is 17.6. The predicted octanol–water partition coefficient (Wildman–Crippen LogP) is 0.339. The predicted molar refractivity (Wildman–Crippen MR) is 92.4 cm³/mol. The first-order chi connectivity index (χ1) is 13.6. The summed E-state index contributed by atoms with van der Waals surface area (Å²) in [4.78, 5) is 35.4. The van der Waals surface area contributed by atoms with E-state index in [-0.39, 0.29) is 11.3 Å². The molecule has 1 aromatic rings. The number of phosphoric acid groups is 3. The number of rotatable bonds is 9. The largest absolute Gasteiger partial charge is 0.496 e. The number of benzene rings is 1. The number of aliphatic hydroxyl groups is 2. The van der Waals surface area contributed by atoms with Gasteiger partial charge < -0.3 is 39.3 Å². The second-order valence-electron chi connectivity index (χ2n) is 5.85. The highest BCUT2D eigenvalue weighted by molar-refractivity contribution is 7.66. The maximum atomic E-state index is 13.6. The van der Waals surface area contributed by atoms with Crippen LogP contribution in [0.1, 0.15) is 11.7 Å². The van der Waals surface area contributed by atoms with Crippen LogP contribution in [0.2, 0.25) is 0 Å². The molecule has 1 aliphatic heterocycles. The van der Waals surface area contributed by atoms with E-state index < -0.39 is 60.3 Å². The number of ether oxygens (including phenoxy) is 2. The Balaban J connectivity index is 2.08. The molecule has 6 atom stereocenters. The molecular weight excluding hydrogens is 480 g/mol. The molecule has 2 unspecified atom stereocenters. The molecule has 1 saturated heterocycles. The average molecular weight is 498 g/mol. The number of hydrogen-bond acceptors (Lipinski definition) is 10. The molecular formula is C12H18FO14P3. The van der Waals surface area contributed by atoms with Gasteiger partial charge in [0.25, 0.3) is 0 Å². The molecule has 18 heteroatoms. The average Bonchev–Trinajstić information content (AvgIpc) is 2.85. The fourth-order valence-electron chi connectivity index (χ4n) is 2.54. The summed E-state index contributed by atoms with van der Waals surface area (Å²) < 4.78 is 69.0. The van der Waals surface area contributed by atoms with E-state index in [9.17, 15) is 33.2 Å². The molecule has 172 valence electrons. The first kappa shape index (κ1) is 25.5. The minimum Gasteiger partial charge on any atom is -0.496 e. The summed E-state index contributed by atoms with van der Waals surface area (Å²) in [5, 5.41) is 20.2. The molecule has 2 rings (SSSR count). The van der Waals surface area contributed by atoms with Gasteiger partial charge in [-0.25, -0.2) is 18.1 Å². The summed E-state index contributed by atoms with van der Waals surface area (Å²) in [6.07, 6.45) is -6.19. The third kappa shape index (κ3) is 6.87. The van der Waals surface area contributed by atoms with Gasteiger partial charge in [-0.05, 0) is 18.2 Å². The van der Waals surface area contributed by atoms with Crippen molar-refractivity contribution in [3.05, 3.63) is 29.6 Å². The summed E-state index contributed by atoms with van der Waals surface area (Å²) in [6, 6.07) is 3.30. The van der Waals surface area contributed by atoms with Crippen LogP contribution in [-0.4, -0.2) is 61.8 Å². The van der Waals surface area contributed by atoms with E-state index in [1.54, 1.807) is 0 Å². The lowest BCUT2D eigenvalue weighted by Crippen LogP contribution is -2.33. The van der Waals surface area contributed by atoms with Crippen molar-refractivity contribution in [1.29, 1.82) is 0 Å². The van der Waals surface area contributed by atoms with Crippen LogP contribution >= 0.6 is 23.5 Å². The number of phosphoric ester groups is 1. The molecule has 1 aromatic carbocycles. The van der Waals surface area contributed by atoms with Crippen molar-refractivity contribution in [2.24, 2.45) is 0 Å². The molecule has 0 bridgehead atoms. The van der Waals surface area contributed by atoms with Crippen LogP contribution < -0.4 is 4.74 Å². The molecule has 0 amide bonds. The van der Waals surface area contributed by atoms with Crippen molar-refractivity contribution in [3.63, 3.8) is 0 Å². The molecule has 0 radical (unpaired) electrons. The summed E-state index contributed by atoms with van der Waals surface area (Å²) in [5.74, 6) is -0.589. The quantitative estimate of drug-likeness (QED) is 0.253. The molecule has 6 N–H and O–H groups in total. The Bertz CT molecular complexity index is 904. The Kier molecular flexibility index (Phi) is 7.98. The van der Waals surface area contributed by atoms with Gasteiger partial charge in [-0.1, -0.05) is 0 Å². The van der Waals surface area contributed by atoms with Crippen LogP contribution in [0.4, 0.5) is 4.39 Å². The lowest BCUT2D eigenvalue weighted by atomic mass is 10.0. The van der Waals surface area contributed by atoms with Gasteiger partial charge in [0.15, 0.2) is 0 Å². The number of methoxy groups -OCH3 is 1. The molecule has 30 heavy (non-hydrogen) atoms. The summed E-state index contributed by atoms with van der Waals surface area (Å²) in [7, 11) is -15.5. The maximum Gasteiger partial charge on any atom is 0.490 e. The molecule has 1 heterocycles. The van der Waals surface area contributed by atoms with Crippen LogP contribution in [0.5, 0.6) is 5.75 Å². The first-order valence-electron chi connectivity index (χ1n) is 7.77. The van der Waals surface area contributed by atoms with Crippen LogP contribution in [-0.2, 0) is 31.6 Å². The van der Waals surface area contributed by atoms with Crippen LogP contribution in [0.15, 0.2) is 18.2 Å². The van der Waals surface area contributed by atoms with Gasteiger partial charge >= 0.3 is 23.5 Å². The van der Waals surface area contributed by atoms with Gasteiger partial charge in [-0.2, -0.15) is 8.62 Å². The van der Waals surface area contributed by atoms with Crippen molar-refractivity contribution in [2.45, 2.75) is 24.4 Å². The van der Waals surface area contributed by atoms with Gasteiger partial charge in [0.1, 0.15) is 36.0 Å². The van der Waals surface area contributed by atoms with Crippen molar-refractivity contribution in [2.75, 3.05) is 13.7 Å². The number of aliphatic hydroxyl groups excluding tert-OH is 2. The van der Waals surface area contributed by atoms with E-state index >= 15 is 0 Å². The van der Waals surface area contributed by atoms with Gasteiger partial charge in [-0.3, -0.25) is 4.52 Å². The summed E-state index contributed by atoms with van der Waals surface area (Å²) in [5.41, 5.74) is 0.0184. The summed E-state index contributed by atoms with van der Waals surface area (Å²) in [6.45, 7) is -0.990. The normalized spacial score (nSPS) is 28.7. The Morgan fingerprint density at radius 2 is 1.67 bits per heavy atom. The van der Waals surface area contributed by atoms with Gasteiger partial charge in [0.2, 0.25) is 0 Å². The molecule has 1 fully saturated rings. The lowest BCUT2D eigenvalue weighted by Gasteiger charge is -2.19. The van der Waals surface area contributed by atoms with E-state index in [4.69, 9.17) is 24.2 Å². The van der Waals surface area contributed by atoms with Crippen LogP contribution in [0.3, 0.4) is 0 Å². The Morgan fingerprint density at radius 1 is 1.03 bits per heavy atom. The fraction of sp³-hybridized carbons (Fsp3) is 0.500. The third-order valence-corrected chi connectivity index (χ3v) is 7.48. The zero-order valence-electron chi connectivity index (χ0n) is 14.9. The Morgan fingerprint density at radius 3 is 2.23 bits per heavy atom. The van der Waals surface area contributed by atoms with Gasteiger partial charge in [0.05, 0.1) is 13.7 Å². The smallest absolute Gasteiger partial charge is 0.490 e. The zero-order chi connectivity index (χ0) is 22.9. The van der Waals surface area contributed by atoms with Crippen molar-refractivity contribution >= 4 is 23.5 Å². The van der Waals surface area contributed by atoms with E-state index in [0.29, 0.717) is 0 Å². The summed E-state index contributed by atoms with van der Waals surface area (Å²) >= 11 is 0. The van der Waals surface area contributed by atoms with E-state index in [2.05, 4.69) is 13.1 Å². The minimum absolute atomic E-state index is 0.0184. The van der Waals surface area contributed by atoms with E-state index in [1.807, 2.05) is 0 Å². The van der Waals surface area contributed by atoms with Crippen molar-refractivity contribution in [3.8, 4) is 5.75 Å². The Labute approximate surface area is 168 Å². The first-order valence-corrected chi connectivity index (χ1v) is 12.3. The minimum atomic E-state index is -5.71. The van der Waals surface area contributed by atoms with Crippen LogP contribution in [0.25, 0.3) is 0 Å². The molecule has 14 nitrogen and oxygen atoms in total. The number of hydrogen-bond donors (Lipinski definition) is 6.